The fourth-order valence-corrected chi connectivity index (χ4v) is 2.91. The van der Waals surface area contributed by atoms with E-state index in [0.29, 0.717) is 29.7 Å². The summed E-state index contributed by atoms with van der Waals surface area (Å²) in [6.07, 6.45) is 0.559. The smallest absolute Gasteiger partial charge is 0.228 e. The minimum Gasteiger partial charge on any atom is -0.357 e. The Morgan fingerprint density at radius 3 is 2.75 bits per heavy atom. The molecule has 3 rings (SSSR count). The van der Waals surface area contributed by atoms with Gasteiger partial charge >= 0.3 is 0 Å². The highest BCUT2D eigenvalue weighted by Crippen LogP contribution is 2.20. The summed E-state index contributed by atoms with van der Waals surface area (Å²) < 4.78 is 5.34. The van der Waals surface area contributed by atoms with E-state index >= 15 is 0 Å². The standard InChI is InChI=1S/C21H24ClN5O/c1-3-23-21(25-15(2)16-8-5-4-6-9-16)24-13-12-19-26-20(27-28-19)17-10-7-11-18(22)14-17/h4-11,14-15H,3,12-13H2,1-2H3,(H2,23,24,25). The minimum absolute atomic E-state index is 0.150. The Morgan fingerprint density at radius 1 is 1.18 bits per heavy atom. The zero-order valence-electron chi connectivity index (χ0n) is 16.0. The van der Waals surface area contributed by atoms with Crippen LogP contribution in [0.1, 0.15) is 31.3 Å². The second kappa shape index (κ2) is 9.90. The SMILES string of the molecule is CCNC(=NCCc1nc(-c2cccc(Cl)c2)no1)NC(C)c1ccccc1. The zero-order chi connectivity index (χ0) is 19.8. The number of benzene rings is 2. The van der Waals surface area contributed by atoms with Gasteiger partial charge in [0.15, 0.2) is 5.96 Å². The van der Waals surface area contributed by atoms with Gasteiger partial charge in [0.2, 0.25) is 11.7 Å². The number of hydrogen-bond donors (Lipinski definition) is 2. The van der Waals surface area contributed by atoms with Crippen LogP contribution in [0.3, 0.4) is 0 Å². The molecule has 0 aliphatic rings. The average Bonchev–Trinajstić information content (AvgIpc) is 3.18. The lowest BCUT2D eigenvalue weighted by Gasteiger charge is -2.18. The quantitative estimate of drug-likeness (QED) is 0.460. The molecule has 1 aromatic heterocycles. The Balaban J connectivity index is 1.59. The van der Waals surface area contributed by atoms with Gasteiger partial charge in [-0.25, -0.2) is 0 Å². The van der Waals surface area contributed by atoms with Crippen molar-refractivity contribution in [3.8, 4) is 11.4 Å². The van der Waals surface area contributed by atoms with Gasteiger partial charge in [-0.05, 0) is 31.5 Å². The van der Waals surface area contributed by atoms with E-state index in [1.165, 1.54) is 5.56 Å². The lowest BCUT2D eigenvalue weighted by atomic mass is 10.1. The number of nitrogens with one attached hydrogen (secondary N) is 2. The molecule has 0 aliphatic heterocycles. The van der Waals surface area contributed by atoms with Crippen LogP contribution in [0.5, 0.6) is 0 Å². The molecule has 6 nitrogen and oxygen atoms in total. The molecule has 0 fully saturated rings. The highest BCUT2D eigenvalue weighted by atomic mass is 35.5. The van der Waals surface area contributed by atoms with Crippen LogP contribution < -0.4 is 10.6 Å². The van der Waals surface area contributed by atoms with E-state index in [9.17, 15) is 0 Å². The van der Waals surface area contributed by atoms with Gasteiger partial charge in [-0.15, -0.1) is 0 Å². The van der Waals surface area contributed by atoms with Crippen LogP contribution in [0, 0.1) is 0 Å². The first-order chi connectivity index (χ1) is 13.7. The number of hydrogen-bond acceptors (Lipinski definition) is 4. The molecular formula is C21H24ClN5O. The molecule has 1 atom stereocenters. The third-order valence-electron chi connectivity index (χ3n) is 4.14. The van der Waals surface area contributed by atoms with Crippen molar-refractivity contribution in [3.63, 3.8) is 0 Å². The first-order valence-electron chi connectivity index (χ1n) is 9.34. The number of aliphatic imine (C=N–C) groups is 1. The van der Waals surface area contributed by atoms with Crippen LogP contribution >= 0.6 is 11.6 Å². The highest BCUT2D eigenvalue weighted by Gasteiger charge is 2.10. The summed E-state index contributed by atoms with van der Waals surface area (Å²) in [5.74, 6) is 1.84. The molecule has 3 aromatic rings. The maximum Gasteiger partial charge on any atom is 0.228 e. The molecule has 146 valence electrons. The lowest BCUT2D eigenvalue weighted by Crippen LogP contribution is -2.38. The topological polar surface area (TPSA) is 75.3 Å². The van der Waals surface area contributed by atoms with Gasteiger partial charge in [0.1, 0.15) is 0 Å². The first kappa shape index (κ1) is 19.9. The Morgan fingerprint density at radius 2 is 2.00 bits per heavy atom. The Labute approximate surface area is 170 Å². The van der Waals surface area contributed by atoms with Crippen molar-refractivity contribution in [3.05, 3.63) is 71.1 Å². The van der Waals surface area contributed by atoms with Gasteiger partial charge in [-0.2, -0.15) is 4.98 Å². The molecule has 2 aromatic carbocycles. The third kappa shape index (κ3) is 5.57. The van der Waals surface area contributed by atoms with E-state index < -0.39 is 0 Å². The normalized spacial score (nSPS) is 12.6. The van der Waals surface area contributed by atoms with E-state index in [0.717, 1.165) is 18.1 Å². The monoisotopic (exact) mass is 397 g/mol. The summed E-state index contributed by atoms with van der Waals surface area (Å²) in [4.78, 5) is 9.04. The lowest BCUT2D eigenvalue weighted by molar-refractivity contribution is 0.380. The van der Waals surface area contributed by atoms with Crippen LogP contribution in [0.25, 0.3) is 11.4 Å². The van der Waals surface area contributed by atoms with Gasteiger partial charge < -0.3 is 15.2 Å². The summed E-state index contributed by atoms with van der Waals surface area (Å²) in [6.45, 7) is 5.47. The molecule has 0 bridgehead atoms. The van der Waals surface area contributed by atoms with Crippen molar-refractivity contribution in [1.82, 2.24) is 20.8 Å². The molecule has 0 amide bonds. The number of guanidine groups is 1. The Hall–Kier alpha value is -2.86. The van der Waals surface area contributed by atoms with Gasteiger partial charge in [-0.3, -0.25) is 4.99 Å². The molecule has 0 saturated carbocycles. The van der Waals surface area contributed by atoms with E-state index in [2.05, 4.69) is 44.8 Å². The van der Waals surface area contributed by atoms with Gasteiger partial charge in [0, 0.05) is 23.6 Å². The fraction of sp³-hybridized carbons (Fsp3) is 0.286. The van der Waals surface area contributed by atoms with Crippen molar-refractivity contribution >= 4 is 17.6 Å². The molecule has 0 radical (unpaired) electrons. The van der Waals surface area contributed by atoms with Crippen molar-refractivity contribution in [2.75, 3.05) is 13.1 Å². The largest absolute Gasteiger partial charge is 0.357 e. The fourth-order valence-electron chi connectivity index (χ4n) is 2.71. The average molecular weight is 398 g/mol. The van der Waals surface area contributed by atoms with Crippen LogP contribution in [0.15, 0.2) is 64.1 Å². The van der Waals surface area contributed by atoms with Crippen LogP contribution in [0.2, 0.25) is 5.02 Å². The third-order valence-corrected chi connectivity index (χ3v) is 4.38. The van der Waals surface area contributed by atoms with Gasteiger partial charge in [0.25, 0.3) is 0 Å². The van der Waals surface area contributed by atoms with E-state index in [1.807, 2.05) is 49.4 Å². The molecule has 0 saturated heterocycles. The molecule has 1 heterocycles. The molecular weight excluding hydrogens is 374 g/mol. The second-order valence-electron chi connectivity index (χ2n) is 6.31. The summed E-state index contributed by atoms with van der Waals surface area (Å²) in [5, 5.41) is 11.3. The van der Waals surface area contributed by atoms with E-state index in [1.54, 1.807) is 0 Å². The molecule has 0 aliphatic carbocycles. The van der Waals surface area contributed by atoms with Gasteiger partial charge in [-0.1, -0.05) is 59.2 Å². The number of nitrogens with zero attached hydrogens (tertiary/aromatic N) is 3. The van der Waals surface area contributed by atoms with E-state index in [-0.39, 0.29) is 6.04 Å². The first-order valence-corrected chi connectivity index (χ1v) is 9.72. The molecule has 1 unspecified atom stereocenters. The summed E-state index contributed by atoms with van der Waals surface area (Å²) in [7, 11) is 0. The Kier molecular flexibility index (Phi) is 7.03. The van der Waals surface area contributed by atoms with Crippen LogP contribution in [-0.4, -0.2) is 29.2 Å². The zero-order valence-corrected chi connectivity index (χ0v) is 16.8. The molecule has 2 N–H and O–H groups in total. The predicted octanol–water partition coefficient (Wildman–Crippen LogP) is 4.25. The molecule has 0 spiro atoms. The maximum absolute atomic E-state index is 6.02. The number of rotatable bonds is 7. The maximum atomic E-state index is 6.02. The summed E-state index contributed by atoms with van der Waals surface area (Å²) in [5.41, 5.74) is 2.04. The Bertz CT molecular complexity index is 910. The summed E-state index contributed by atoms with van der Waals surface area (Å²) >= 11 is 6.02. The van der Waals surface area contributed by atoms with Crippen LogP contribution in [-0.2, 0) is 6.42 Å². The molecule has 7 heteroatoms. The summed E-state index contributed by atoms with van der Waals surface area (Å²) in [6, 6.07) is 17.8. The number of halogens is 1. The van der Waals surface area contributed by atoms with Crippen molar-refractivity contribution in [2.45, 2.75) is 26.3 Å². The highest BCUT2D eigenvalue weighted by molar-refractivity contribution is 6.30. The van der Waals surface area contributed by atoms with Crippen molar-refractivity contribution < 1.29 is 4.52 Å². The van der Waals surface area contributed by atoms with Crippen LogP contribution in [0.4, 0.5) is 0 Å². The minimum atomic E-state index is 0.150. The molecule has 28 heavy (non-hydrogen) atoms. The van der Waals surface area contributed by atoms with Crippen molar-refractivity contribution in [2.24, 2.45) is 4.99 Å². The number of aromatic nitrogens is 2. The second-order valence-corrected chi connectivity index (χ2v) is 6.75. The van der Waals surface area contributed by atoms with Gasteiger partial charge in [0.05, 0.1) is 12.6 Å². The van der Waals surface area contributed by atoms with E-state index in [4.69, 9.17) is 16.1 Å². The van der Waals surface area contributed by atoms with Crippen molar-refractivity contribution in [1.29, 1.82) is 0 Å². The predicted molar refractivity (Wildman–Crippen MR) is 112 cm³/mol.